The van der Waals surface area contributed by atoms with Crippen LogP contribution in [0.25, 0.3) is 11.3 Å². The molecule has 0 unspecified atom stereocenters. The molecule has 1 amide bonds. The van der Waals surface area contributed by atoms with E-state index in [-0.39, 0.29) is 28.9 Å². The average Bonchev–Trinajstić information content (AvgIpc) is 3.79. The Hall–Kier alpha value is -3.64. The number of halogens is 4. The van der Waals surface area contributed by atoms with Crippen LogP contribution >= 0.6 is 11.6 Å². The van der Waals surface area contributed by atoms with Crippen molar-refractivity contribution in [3.63, 3.8) is 0 Å². The minimum Gasteiger partial charge on any atom is -0.488 e. The molecule has 3 fully saturated rings. The summed E-state index contributed by atoms with van der Waals surface area (Å²) in [5.41, 5.74) is 1.13. The third-order valence-corrected chi connectivity index (χ3v) is 8.81. The molecule has 0 spiro atoms. The Labute approximate surface area is 265 Å². The van der Waals surface area contributed by atoms with E-state index in [1.807, 2.05) is 32.2 Å². The number of nitrogens with zero attached hydrogens (tertiary/aromatic N) is 5. The number of carbonyl (C=O) groups is 1. The lowest BCUT2D eigenvalue weighted by Crippen LogP contribution is -2.48. The molecule has 3 aliphatic rings. The molecule has 3 aromatic heterocycles. The number of aromatic nitrogens is 3. The first kappa shape index (κ1) is 31.3. The Bertz CT molecular complexity index is 1540. The lowest BCUT2D eigenvalue weighted by molar-refractivity contribution is -0.143. The van der Waals surface area contributed by atoms with Crippen molar-refractivity contribution in [1.29, 1.82) is 0 Å². The van der Waals surface area contributed by atoms with Crippen molar-refractivity contribution >= 4 is 23.2 Å². The van der Waals surface area contributed by atoms with Gasteiger partial charge in [0.25, 0.3) is 5.91 Å². The summed E-state index contributed by atoms with van der Waals surface area (Å²) in [5, 5.41) is 2.94. The summed E-state index contributed by atoms with van der Waals surface area (Å²) < 4.78 is 52.9. The number of likely N-dealkylation sites (N-methyl/N-ethyl adjacent to an activating group) is 1. The first-order valence-corrected chi connectivity index (χ1v) is 15.7. The number of likely N-dealkylation sites (tertiary alicyclic amines) is 1. The van der Waals surface area contributed by atoms with Crippen LogP contribution in [0.1, 0.15) is 55.2 Å². The summed E-state index contributed by atoms with van der Waals surface area (Å²) in [6.07, 6.45) is 0.292. The second-order valence-electron chi connectivity index (χ2n) is 11.9. The smallest absolute Gasteiger partial charge is 0.437 e. The maximum atomic E-state index is 13.9. The normalized spacial score (nSPS) is 22.4. The van der Waals surface area contributed by atoms with Crippen LogP contribution in [-0.4, -0.2) is 77.2 Å². The van der Waals surface area contributed by atoms with Crippen LogP contribution in [0.3, 0.4) is 0 Å². The van der Waals surface area contributed by atoms with Gasteiger partial charge in [-0.1, -0.05) is 11.6 Å². The van der Waals surface area contributed by atoms with E-state index in [0.717, 1.165) is 32.4 Å². The van der Waals surface area contributed by atoms with Crippen molar-refractivity contribution in [2.24, 2.45) is 5.92 Å². The highest BCUT2D eigenvalue weighted by molar-refractivity contribution is 6.29. The monoisotopic (exact) mass is 644 g/mol. The van der Waals surface area contributed by atoms with Gasteiger partial charge in [0.1, 0.15) is 11.3 Å². The topological polar surface area (TPSA) is 92.7 Å². The quantitative estimate of drug-likeness (QED) is 0.289. The molecule has 9 nitrogen and oxygen atoms in total. The highest BCUT2D eigenvalue weighted by Gasteiger charge is 2.43. The summed E-state index contributed by atoms with van der Waals surface area (Å²) in [5.74, 6) is 0.189. The largest absolute Gasteiger partial charge is 0.488 e. The SMILES string of the molecule is CCOc1ncccc1-c1ccc(N2CC[C@@H](Oc3ccc(Cl)nc3C(F)(F)F)C[C@H]2C2CC2)c(C(=O)N[C@@H]2CCN(C)C2)n1. The number of anilines is 1. The van der Waals surface area contributed by atoms with Gasteiger partial charge < -0.3 is 24.6 Å². The van der Waals surface area contributed by atoms with Crippen LogP contribution in [0.2, 0.25) is 5.15 Å². The molecule has 45 heavy (non-hydrogen) atoms. The number of nitrogens with one attached hydrogen (secondary N) is 1. The molecule has 3 atom stereocenters. The molecule has 13 heteroatoms. The summed E-state index contributed by atoms with van der Waals surface area (Å²) >= 11 is 5.78. The van der Waals surface area contributed by atoms with Gasteiger partial charge in [0.15, 0.2) is 17.1 Å². The number of ether oxygens (including phenoxy) is 2. The van der Waals surface area contributed by atoms with Crippen LogP contribution in [0.4, 0.5) is 18.9 Å². The molecular formula is C32H36ClF3N6O3. The first-order valence-electron chi connectivity index (χ1n) is 15.4. The molecule has 2 aliphatic heterocycles. The molecule has 0 radical (unpaired) electrons. The van der Waals surface area contributed by atoms with E-state index in [4.69, 9.17) is 26.1 Å². The fourth-order valence-electron chi connectivity index (χ4n) is 6.34. The second kappa shape index (κ2) is 13.0. The number of alkyl halides is 3. The summed E-state index contributed by atoms with van der Waals surface area (Å²) in [4.78, 5) is 31.0. The van der Waals surface area contributed by atoms with Crippen molar-refractivity contribution in [3.8, 4) is 22.9 Å². The molecule has 1 aliphatic carbocycles. The van der Waals surface area contributed by atoms with E-state index in [9.17, 15) is 18.0 Å². The number of pyridine rings is 3. The van der Waals surface area contributed by atoms with E-state index >= 15 is 0 Å². The standard InChI is InChI=1S/C32H36ClF3N6O3/c1-3-44-31-22(5-4-14-37-31)23-8-9-24(28(39-23)30(43)38-20-12-15-41(2)18-20)42-16-13-21(17-25(42)19-6-7-19)45-26-10-11-27(33)40-29(26)32(34,35)36/h4-5,8-11,14,19-21,25H,3,6-7,12-13,15-18H2,1-2H3,(H,38,43)/t20-,21-,25+/m1/s1. The van der Waals surface area contributed by atoms with E-state index in [2.05, 4.69) is 25.1 Å². The van der Waals surface area contributed by atoms with Crippen LogP contribution in [-0.2, 0) is 6.18 Å². The number of piperidine rings is 1. The average molecular weight is 645 g/mol. The zero-order valence-corrected chi connectivity index (χ0v) is 25.9. The minimum atomic E-state index is -4.70. The molecule has 1 N–H and O–H groups in total. The van der Waals surface area contributed by atoms with E-state index in [1.165, 1.54) is 12.1 Å². The van der Waals surface area contributed by atoms with Gasteiger partial charge in [0.2, 0.25) is 5.88 Å². The number of amides is 1. The van der Waals surface area contributed by atoms with Gasteiger partial charge in [-0.2, -0.15) is 13.2 Å². The van der Waals surface area contributed by atoms with Gasteiger partial charge in [-0.05, 0) is 82.1 Å². The fraction of sp³-hybridized carbons (Fsp3) is 0.500. The van der Waals surface area contributed by atoms with Crippen LogP contribution in [0, 0.1) is 5.92 Å². The number of carbonyl (C=O) groups excluding carboxylic acids is 1. The Morgan fingerprint density at radius 2 is 1.91 bits per heavy atom. The van der Waals surface area contributed by atoms with Crippen LogP contribution in [0.15, 0.2) is 42.6 Å². The van der Waals surface area contributed by atoms with E-state index in [0.29, 0.717) is 60.4 Å². The number of rotatable bonds is 9. The van der Waals surface area contributed by atoms with Crippen molar-refractivity contribution < 1.29 is 27.4 Å². The lowest BCUT2D eigenvalue weighted by atomic mass is 9.94. The highest BCUT2D eigenvalue weighted by atomic mass is 35.5. The van der Waals surface area contributed by atoms with Gasteiger partial charge in [-0.25, -0.2) is 15.0 Å². The number of hydrogen-bond acceptors (Lipinski definition) is 8. The van der Waals surface area contributed by atoms with Crippen molar-refractivity contribution in [2.45, 2.75) is 63.4 Å². The Kier molecular flexibility index (Phi) is 9.05. The predicted molar refractivity (Wildman–Crippen MR) is 164 cm³/mol. The van der Waals surface area contributed by atoms with E-state index < -0.39 is 18.0 Å². The first-order chi connectivity index (χ1) is 21.6. The van der Waals surface area contributed by atoms with Crippen molar-refractivity contribution in [1.82, 2.24) is 25.2 Å². The van der Waals surface area contributed by atoms with Gasteiger partial charge in [-0.3, -0.25) is 4.79 Å². The maximum Gasteiger partial charge on any atom is 0.437 e. The molecule has 2 saturated heterocycles. The molecule has 240 valence electrons. The minimum absolute atomic E-state index is 0.00682. The number of hydrogen-bond donors (Lipinski definition) is 1. The Morgan fingerprint density at radius 3 is 2.62 bits per heavy atom. The van der Waals surface area contributed by atoms with Crippen molar-refractivity contribution in [2.75, 3.05) is 38.2 Å². The highest BCUT2D eigenvalue weighted by Crippen LogP contribution is 2.44. The van der Waals surface area contributed by atoms with Gasteiger partial charge in [0.05, 0.1) is 23.6 Å². The molecular weight excluding hydrogens is 609 g/mol. The van der Waals surface area contributed by atoms with Gasteiger partial charge in [0, 0.05) is 44.2 Å². The van der Waals surface area contributed by atoms with Crippen molar-refractivity contribution in [3.05, 3.63) is 59.1 Å². The maximum absolute atomic E-state index is 13.9. The summed E-state index contributed by atoms with van der Waals surface area (Å²) in [6, 6.07) is 9.97. The summed E-state index contributed by atoms with van der Waals surface area (Å²) in [7, 11) is 2.03. The lowest BCUT2D eigenvalue weighted by Gasteiger charge is -2.42. The van der Waals surface area contributed by atoms with Crippen LogP contribution < -0.4 is 19.7 Å². The van der Waals surface area contributed by atoms with Gasteiger partial charge in [-0.15, -0.1) is 0 Å². The third-order valence-electron chi connectivity index (χ3n) is 8.60. The second-order valence-corrected chi connectivity index (χ2v) is 12.3. The molecule has 0 bridgehead atoms. The van der Waals surface area contributed by atoms with Crippen LogP contribution in [0.5, 0.6) is 11.6 Å². The fourth-order valence-corrected chi connectivity index (χ4v) is 6.49. The molecule has 0 aromatic carbocycles. The Morgan fingerprint density at radius 1 is 1.09 bits per heavy atom. The molecule has 1 saturated carbocycles. The zero-order valence-electron chi connectivity index (χ0n) is 25.2. The molecule has 5 heterocycles. The molecule has 6 rings (SSSR count). The third kappa shape index (κ3) is 7.12. The Balaban J connectivity index is 1.31. The van der Waals surface area contributed by atoms with E-state index in [1.54, 1.807) is 12.3 Å². The van der Waals surface area contributed by atoms with Gasteiger partial charge >= 0.3 is 6.18 Å². The molecule has 3 aromatic rings. The summed E-state index contributed by atoms with van der Waals surface area (Å²) in [6.45, 7) is 4.45. The predicted octanol–water partition coefficient (Wildman–Crippen LogP) is 5.87. The zero-order chi connectivity index (χ0) is 31.7.